The lowest BCUT2D eigenvalue weighted by Gasteiger charge is -2.29. The first-order chi connectivity index (χ1) is 8.83. The monoisotopic (exact) mass is 246 g/mol. The standard InChI is InChI=1S/C15H22N2O/c16-11-6-12-17(14-9-4-5-10-14)15(18)13-7-2-1-3-8-13/h1-3,7-8,14H,4-6,9-12,16H2. The van der Waals surface area contributed by atoms with E-state index in [2.05, 4.69) is 0 Å². The number of carbonyl (C=O) groups excluding carboxylic acids is 1. The third-order valence-electron chi connectivity index (χ3n) is 3.65. The van der Waals surface area contributed by atoms with E-state index >= 15 is 0 Å². The first kappa shape index (κ1) is 13.1. The molecular weight excluding hydrogens is 224 g/mol. The Bertz CT molecular complexity index is 371. The number of amides is 1. The van der Waals surface area contributed by atoms with Crippen molar-refractivity contribution in [2.45, 2.75) is 38.1 Å². The van der Waals surface area contributed by atoms with Gasteiger partial charge in [0.1, 0.15) is 0 Å². The Morgan fingerprint density at radius 3 is 2.50 bits per heavy atom. The summed E-state index contributed by atoms with van der Waals surface area (Å²) in [6, 6.07) is 9.99. The van der Waals surface area contributed by atoms with Crippen LogP contribution in [0.3, 0.4) is 0 Å². The highest BCUT2D eigenvalue weighted by Crippen LogP contribution is 2.25. The smallest absolute Gasteiger partial charge is 0.254 e. The van der Waals surface area contributed by atoms with Crippen LogP contribution in [0.1, 0.15) is 42.5 Å². The van der Waals surface area contributed by atoms with Gasteiger partial charge in [-0.1, -0.05) is 31.0 Å². The van der Waals surface area contributed by atoms with E-state index in [1.54, 1.807) is 0 Å². The van der Waals surface area contributed by atoms with Gasteiger partial charge in [0, 0.05) is 18.2 Å². The molecule has 0 unspecified atom stereocenters. The Morgan fingerprint density at radius 1 is 1.22 bits per heavy atom. The summed E-state index contributed by atoms with van der Waals surface area (Å²) in [5.74, 6) is 0.163. The van der Waals surface area contributed by atoms with Crippen molar-refractivity contribution in [1.82, 2.24) is 4.90 Å². The number of carbonyl (C=O) groups is 1. The van der Waals surface area contributed by atoms with E-state index < -0.39 is 0 Å². The zero-order valence-electron chi connectivity index (χ0n) is 10.8. The van der Waals surface area contributed by atoms with E-state index in [0.717, 1.165) is 31.4 Å². The van der Waals surface area contributed by atoms with Gasteiger partial charge in [-0.05, 0) is 37.9 Å². The van der Waals surface area contributed by atoms with Gasteiger partial charge in [0.25, 0.3) is 5.91 Å². The van der Waals surface area contributed by atoms with Gasteiger partial charge in [-0.25, -0.2) is 0 Å². The summed E-state index contributed by atoms with van der Waals surface area (Å²) in [6.45, 7) is 1.43. The van der Waals surface area contributed by atoms with E-state index in [-0.39, 0.29) is 5.91 Å². The normalized spacial score (nSPS) is 15.8. The predicted octanol–water partition coefficient (Wildman–Crippen LogP) is 2.42. The Hall–Kier alpha value is -1.35. The predicted molar refractivity (Wildman–Crippen MR) is 73.4 cm³/mol. The largest absolute Gasteiger partial charge is 0.336 e. The second kappa shape index (κ2) is 6.55. The molecule has 1 aliphatic rings. The number of nitrogens with two attached hydrogens (primary N) is 1. The third kappa shape index (κ3) is 3.10. The van der Waals surface area contributed by atoms with Crippen molar-refractivity contribution >= 4 is 5.91 Å². The van der Waals surface area contributed by atoms with Crippen molar-refractivity contribution < 1.29 is 4.79 Å². The second-order valence-electron chi connectivity index (χ2n) is 4.95. The van der Waals surface area contributed by atoms with Crippen molar-refractivity contribution in [1.29, 1.82) is 0 Å². The number of hydrogen-bond donors (Lipinski definition) is 1. The van der Waals surface area contributed by atoms with E-state index in [9.17, 15) is 4.79 Å². The quantitative estimate of drug-likeness (QED) is 0.867. The molecule has 0 saturated heterocycles. The number of rotatable bonds is 5. The molecule has 0 heterocycles. The average Bonchev–Trinajstić information content (AvgIpc) is 2.94. The van der Waals surface area contributed by atoms with E-state index in [4.69, 9.17) is 5.73 Å². The molecule has 3 nitrogen and oxygen atoms in total. The molecular formula is C15H22N2O. The van der Waals surface area contributed by atoms with Crippen LogP contribution in [0.5, 0.6) is 0 Å². The van der Waals surface area contributed by atoms with Gasteiger partial charge < -0.3 is 10.6 Å². The SMILES string of the molecule is NCCCN(C(=O)c1ccccc1)C1CCCC1. The molecule has 1 saturated carbocycles. The highest BCUT2D eigenvalue weighted by molar-refractivity contribution is 5.94. The third-order valence-corrected chi connectivity index (χ3v) is 3.65. The fourth-order valence-electron chi connectivity index (χ4n) is 2.67. The van der Waals surface area contributed by atoms with Crippen molar-refractivity contribution in [2.75, 3.05) is 13.1 Å². The molecule has 1 aromatic carbocycles. The highest BCUT2D eigenvalue weighted by Gasteiger charge is 2.26. The van der Waals surface area contributed by atoms with Crippen LogP contribution >= 0.6 is 0 Å². The molecule has 1 fully saturated rings. The molecule has 98 valence electrons. The average molecular weight is 246 g/mol. The van der Waals surface area contributed by atoms with Crippen LogP contribution in [0.25, 0.3) is 0 Å². The molecule has 2 N–H and O–H groups in total. The highest BCUT2D eigenvalue weighted by atomic mass is 16.2. The van der Waals surface area contributed by atoms with Crippen molar-refractivity contribution in [3.05, 3.63) is 35.9 Å². The molecule has 1 aliphatic carbocycles. The lowest BCUT2D eigenvalue weighted by Crippen LogP contribution is -2.40. The fourth-order valence-corrected chi connectivity index (χ4v) is 2.67. The molecule has 1 amide bonds. The summed E-state index contributed by atoms with van der Waals surface area (Å²) < 4.78 is 0. The van der Waals surface area contributed by atoms with E-state index in [1.165, 1.54) is 12.8 Å². The minimum Gasteiger partial charge on any atom is -0.336 e. The first-order valence-electron chi connectivity index (χ1n) is 6.89. The number of hydrogen-bond acceptors (Lipinski definition) is 2. The second-order valence-corrected chi connectivity index (χ2v) is 4.95. The summed E-state index contributed by atoms with van der Waals surface area (Å²) >= 11 is 0. The summed E-state index contributed by atoms with van der Waals surface area (Å²) in [7, 11) is 0. The summed E-state index contributed by atoms with van der Waals surface area (Å²) in [5, 5.41) is 0. The van der Waals surface area contributed by atoms with Gasteiger partial charge in [0.05, 0.1) is 0 Å². The van der Waals surface area contributed by atoms with Crippen LogP contribution in [0.15, 0.2) is 30.3 Å². The van der Waals surface area contributed by atoms with Crippen molar-refractivity contribution in [3.63, 3.8) is 0 Å². The Morgan fingerprint density at radius 2 is 1.89 bits per heavy atom. The van der Waals surface area contributed by atoms with Gasteiger partial charge in [-0.2, -0.15) is 0 Å². The first-order valence-corrected chi connectivity index (χ1v) is 6.89. The van der Waals surface area contributed by atoms with Crippen LogP contribution in [0.2, 0.25) is 0 Å². The maximum atomic E-state index is 12.5. The van der Waals surface area contributed by atoms with Gasteiger partial charge in [-0.3, -0.25) is 4.79 Å². The van der Waals surface area contributed by atoms with Gasteiger partial charge in [0.2, 0.25) is 0 Å². The Balaban J connectivity index is 2.09. The lowest BCUT2D eigenvalue weighted by molar-refractivity contribution is 0.0680. The minimum atomic E-state index is 0.163. The molecule has 0 radical (unpaired) electrons. The minimum absolute atomic E-state index is 0.163. The summed E-state index contributed by atoms with van der Waals surface area (Å²) in [4.78, 5) is 14.6. The van der Waals surface area contributed by atoms with E-state index in [1.807, 2.05) is 35.2 Å². The van der Waals surface area contributed by atoms with Gasteiger partial charge in [0.15, 0.2) is 0 Å². The lowest BCUT2D eigenvalue weighted by atomic mass is 10.1. The molecule has 0 spiro atoms. The topological polar surface area (TPSA) is 46.3 Å². The molecule has 18 heavy (non-hydrogen) atoms. The Kier molecular flexibility index (Phi) is 4.76. The van der Waals surface area contributed by atoms with Gasteiger partial charge >= 0.3 is 0 Å². The summed E-state index contributed by atoms with van der Waals surface area (Å²) in [6.07, 6.45) is 5.65. The van der Waals surface area contributed by atoms with Crippen molar-refractivity contribution in [3.8, 4) is 0 Å². The maximum Gasteiger partial charge on any atom is 0.254 e. The number of benzene rings is 1. The number of nitrogens with zero attached hydrogens (tertiary/aromatic N) is 1. The zero-order valence-corrected chi connectivity index (χ0v) is 10.8. The van der Waals surface area contributed by atoms with Crippen LogP contribution < -0.4 is 5.73 Å². The zero-order chi connectivity index (χ0) is 12.8. The summed E-state index contributed by atoms with van der Waals surface area (Å²) in [5.41, 5.74) is 6.37. The molecule has 0 aliphatic heterocycles. The van der Waals surface area contributed by atoms with Crippen LogP contribution in [0.4, 0.5) is 0 Å². The van der Waals surface area contributed by atoms with Gasteiger partial charge in [-0.15, -0.1) is 0 Å². The van der Waals surface area contributed by atoms with Crippen molar-refractivity contribution in [2.24, 2.45) is 5.73 Å². The Labute approximate surface area is 109 Å². The molecule has 1 aromatic rings. The maximum absolute atomic E-state index is 12.5. The fraction of sp³-hybridized carbons (Fsp3) is 0.533. The van der Waals surface area contributed by atoms with Crippen LogP contribution in [0, 0.1) is 0 Å². The molecule has 2 rings (SSSR count). The molecule has 3 heteroatoms. The molecule has 0 atom stereocenters. The van der Waals surface area contributed by atoms with Crippen LogP contribution in [-0.2, 0) is 0 Å². The van der Waals surface area contributed by atoms with Crippen LogP contribution in [-0.4, -0.2) is 29.9 Å². The van der Waals surface area contributed by atoms with E-state index in [0.29, 0.717) is 12.6 Å². The molecule has 0 aromatic heterocycles. The molecule has 0 bridgehead atoms.